The summed E-state index contributed by atoms with van der Waals surface area (Å²) in [4.78, 5) is 20.7. The van der Waals surface area contributed by atoms with E-state index < -0.39 is 0 Å². The number of halogens is 1. The Bertz CT molecular complexity index is 978. The molecule has 0 unspecified atom stereocenters. The molecule has 0 aliphatic carbocycles. The standard InChI is InChI=1S/C21H21ClN4O2/c1-14-7-8-16(11-17(14)22)26-21(27)18-12-20(25-13-24-18)23-10-9-15-5-3-4-6-19(15)28-2/h3-8,11-13H,9-10H2,1-2H3,(H,26,27)(H,23,24,25). The Hall–Kier alpha value is -3.12. The summed E-state index contributed by atoms with van der Waals surface area (Å²) in [7, 11) is 1.66. The molecule has 0 aliphatic heterocycles. The number of hydrogen-bond donors (Lipinski definition) is 2. The highest BCUT2D eigenvalue weighted by molar-refractivity contribution is 6.31. The zero-order valence-corrected chi connectivity index (χ0v) is 16.5. The van der Waals surface area contributed by atoms with Crippen molar-refractivity contribution in [3.05, 3.63) is 76.7 Å². The highest BCUT2D eigenvalue weighted by Gasteiger charge is 2.10. The van der Waals surface area contributed by atoms with Gasteiger partial charge in [-0.05, 0) is 42.7 Å². The zero-order chi connectivity index (χ0) is 19.9. The first-order chi connectivity index (χ1) is 13.6. The van der Waals surface area contributed by atoms with E-state index in [0.29, 0.717) is 23.1 Å². The number of carbonyl (C=O) groups is 1. The van der Waals surface area contributed by atoms with Gasteiger partial charge in [-0.15, -0.1) is 0 Å². The van der Waals surface area contributed by atoms with Gasteiger partial charge in [-0.25, -0.2) is 9.97 Å². The molecule has 2 N–H and O–H groups in total. The molecule has 0 fully saturated rings. The lowest BCUT2D eigenvalue weighted by molar-refractivity contribution is 0.102. The molecule has 0 radical (unpaired) electrons. The maximum Gasteiger partial charge on any atom is 0.274 e. The molecule has 0 aliphatic rings. The van der Waals surface area contributed by atoms with Crippen molar-refractivity contribution in [2.75, 3.05) is 24.3 Å². The lowest BCUT2D eigenvalue weighted by Gasteiger charge is -2.10. The third-order valence-electron chi connectivity index (χ3n) is 4.22. The SMILES string of the molecule is COc1ccccc1CCNc1cc(C(=O)Nc2ccc(C)c(Cl)c2)ncn1. The lowest BCUT2D eigenvalue weighted by Crippen LogP contribution is -2.15. The van der Waals surface area contributed by atoms with Gasteiger partial charge in [0, 0.05) is 23.3 Å². The van der Waals surface area contributed by atoms with Gasteiger partial charge in [0.2, 0.25) is 0 Å². The van der Waals surface area contributed by atoms with Gasteiger partial charge in [-0.3, -0.25) is 4.79 Å². The van der Waals surface area contributed by atoms with Crippen LogP contribution in [-0.4, -0.2) is 29.5 Å². The van der Waals surface area contributed by atoms with Crippen LogP contribution < -0.4 is 15.4 Å². The van der Waals surface area contributed by atoms with E-state index in [1.807, 2.05) is 37.3 Å². The fourth-order valence-corrected chi connectivity index (χ4v) is 2.86. The van der Waals surface area contributed by atoms with Crippen molar-refractivity contribution >= 4 is 29.0 Å². The average molecular weight is 397 g/mol. The number of rotatable bonds is 7. The number of ether oxygens (including phenoxy) is 1. The molecule has 1 amide bonds. The van der Waals surface area contributed by atoms with E-state index in [1.54, 1.807) is 25.3 Å². The van der Waals surface area contributed by atoms with Crippen LogP contribution in [0.2, 0.25) is 5.02 Å². The van der Waals surface area contributed by atoms with E-state index >= 15 is 0 Å². The molecule has 3 rings (SSSR count). The van der Waals surface area contributed by atoms with Crippen LogP contribution >= 0.6 is 11.6 Å². The van der Waals surface area contributed by atoms with E-state index in [2.05, 4.69) is 20.6 Å². The Morgan fingerprint density at radius 1 is 1.14 bits per heavy atom. The van der Waals surface area contributed by atoms with Gasteiger partial charge in [0.15, 0.2) is 0 Å². The third-order valence-corrected chi connectivity index (χ3v) is 4.63. The summed E-state index contributed by atoms with van der Waals surface area (Å²) >= 11 is 6.10. The molecule has 3 aromatic rings. The van der Waals surface area contributed by atoms with Crippen molar-refractivity contribution < 1.29 is 9.53 Å². The number of carbonyl (C=O) groups excluding carboxylic acids is 1. The smallest absolute Gasteiger partial charge is 0.274 e. The van der Waals surface area contributed by atoms with Crippen molar-refractivity contribution in [1.29, 1.82) is 0 Å². The second-order valence-corrected chi connectivity index (χ2v) is 6.60. The van der Waals surface area contributed by atoms with Crippen LogP contribution in [0.4, 0.5) is 11.5 Å². The highest BCUT2D eigenvalue weighted by Crippen LogP contribution is 2.21. The van der Waals surface area contributed by atoms with Crippen LogP contribution in [-0.2, 0) is 6.42 Å². The number of anilines is 2. The predicted molar refractivity (Wildman–Crippen MR) is 111 cm³/mol. The molecule has 7 heteroatoms. The molecular formula is C21H21ClN4O2. The number of nitrogens with zero attached hydrogens (tertiary/aromatic N) is 2. The number of methoxy groups -OCH3 is 1. The van der Waals surface area contributed by atoms with Crippen molar-refractivity contribution in [2.45, 2.75) is 13.3 Å². The summed E-state index contributed by atoms with van der Waals surface area (Å²) in [6, 6.07) is 14.8. The number of nitrogens with one attached hydrogen (secondary N) is 2. The average Bonchev–Trinajstić information content (AvgIpc) is 2.71. The van der Waals surface area contributed by atoms with E-state index in [4.69, 9.17) is 16.3 Å². The number of hydrogen-bond acceptors (Lipinski definition) is 5. The Labute approximate surface area is 168 Å². The molecule has 0 spiro atoms. The van der Waals surface area contributed by atoms with Gasteiger partial charge in [0.25, 0.3) is 5.91 Å². The van der Waals surface area contributed by atoms with Crippen LogP contribution in [0.1, 0.15) is 21.6 Å². The van der Waals surface area contributed by atoms with Crippen molar-refractivity contribution in [2.24, 2.45) is 0 Å². The molecule has 1 heterocycles. The van der Waals surface area contributed by atoms with Gasteiger partial charge in [-0.2, -0.15) is 0 Å². The van der Waals surface area contributed by atoms with Crippen LogP contribution in [0.25, 0.3) is 0 Å². The summed E-state index contributed by atoms with van der Waals surface area (Å²) < 4.78 is 5.36. The summed E-state index contributed by atoms with van der Waals surface area (Å²) in [5.74, 6) is 1.11. The molecule has 1 aromatic heterocycles. The summed E-state index contributed by atoms with van der Waals surface area (Å²) in [6.07, 6.45) is 2.12. The Balaban J connectivity index is 1.61. The molecule has 2 aromatic carbocycles. The quantitative estimate of drug-likeness (QED) is 0.620. The fraction of sp³-hybridized carbons (Fsp3) is 0.190. The topological polar surface area (TPSA) is 76.1 Å². The van der Waals surface area contributed by atoms with Crippen LogP contribution in [0.15, 0.2) is 54.9 Å². The Morgan fingerprint density at radius 3 is 2.75 bits per heavy atom. The Kier molecular flexibility index (Phi) is 6.45. The predicted octanol–water partition coefficient (Wildman–Crippen LogP) is 4.35. The normalized spacial score (nSPS) is 10.4. The van der Waals surface area contributed by atoms with E-state index in [9.17, 15) is 4.79 Å². The number of amides is 1. The van der Waals surface area contributed by atoms with Gasteiger partial charge in [0.05, 0.1) is 7.11 Å². The molecule has 0 saturated heterocycles. The monoisotopic (exact) mass is 396 g/mol. The van der Waals surface area contributed by atoms with Gasteiger partial charge >= 0.3 is 0 Å². The van der Waals surface area contributed by atoms with Crippen LogP contribution in [0, 0.1) is 6.92 Å². The molecule has 0 saturated carbocycles. The first kappa shape index (κ1) is 19.6. The maximum absolute atomic E-state index is 12.5. The zero-order valence-electron chi connectivity index (χ0n) is 15.7. The molecule has 6 nitrogen and oxygen atoms in total. The van der Waals surface area contributed by atoms with E-state index in [1.165, 1.54) is 6.33 Å². The molecule has 28 heavy (non-hydrogen) atoms. The Morgan fingerprint density at radius 2 is 1.96 bits per heavy atom. The summed E-state index contributed by atoms with van der Waals surface area (Å²) in [5, 5.41) is 6.60. The maximum atomic E-state index is 12.5. The van der Waals surface area contributed by atoms with Gasteiger partial charge < -0.3 is 15.4 Å². The number of aryl methyl sites for hydroxylation is 1. The van der Waals surface area contributed by atoms with Crippen LogP contribution in [0.3, 0.4) is 0 Å². The number of aromatic nitrogens is 2. The largest absolute Gasteiger partial charge is 0.496 e. The van der Waals surface area contributed by atoms with Crippen LogP contribution in [0.5, 0.6) is 5.75 Å². The number of benzene rings is 2. The van der Waals surface area contributed by atoms with E-state index in [0.717, 1.165) is 23.3 Å². The first-order valence-electron chi connectivity index (χ1n) is 8.82. The van der Waals surface area contributed by atoms with E-state index in [-0.39, 0.29) is 11.6 Å². The summed E-state index contributed by atoms with van der Waals surface area (Å²) in [5.41, 5.74) is 2.93. The number of para-hydroxylation sites is 1. The minimum atomic E-state index is -0.324. The highest BCUT2D eigenvalue weighted by atomic mass is 35.5. The second-order valence-electron chi connectivity index (χ2n) is 6.20. The van der Waals surface area contributed by atoms with Gasteiger partial charge in [0.1, 0.15) is 23.6 Å². The molecule has 0 bridgehead atoms. The fourth-order valence-electron chi connectivity index (χ4n) is 2.68. The minimum Gasteiger partial charge on any atom is -0.496 e. The minimum absolute atomic E-state index is 0.270. The molecule has 144 valence electrons. The van der Waals surface area contributed by atoms with Crippen molar-refractivity contribution in [3.8, 4) is 5.75 Å². The summed E-state index contributed by atoms with van der Waals surface area (Å²) in [6.45, 7) is 2.55. The lowest BCUT2D eigenvalue weighted by atomic mass is 10.1. The van der Waals surface area contributed by atoms with Crippen molar-refractivity contribution in [3.63, 3.8) is 0 Å². The molecular weight excluding hydrogens is 376 g/mol. The molecule has 0 atom stereocenters. The van der Waals surface area contributed by atoms with Crippen molar-refractivity contribution in [1.82, 2.24) is 9.97 Å². The third kappa shape index (κ3) is 4.98. The second kappa shape index (κ2) is 9.19. The van der Waals surface area contributed by atoms with Gasteiger partial charge in [-0.1, -0.05) is 35.9 Å². The first-order valence-corrected chi connectivity index (χ1v) is 9.20.